The summed E-state index contributed by atoms with van der Waals surface area (Å²) in [5.41, 5.74) is -0.341. The van der Waals surface area contributed by atoms with E-state index in [0.717, 1.165) is 31.2 Å². The van der Waals surface area contributed by atoms with E-state index >= 15 is 0 Å². The van der Waals surface area contributed by atoms with Crippen LogP contribution in [0.3, 0.4) is 0 Å². The van der Waals surface area contributed by atoms with E-state index in [-0.39, 0.29) is 0 Å². The first-order valence-electron chi connectivity index (χ1n) is 7.33. The average Bonchev–Trinajstić information content (AvgIpc) is 2.48. The molecule has 1 unspecified atom stereocenters. The number of rotatable bonds is 4. The Morgan fingerprint density at radius 2 is 1.84 bits per heavy atom. The maximum absolute atomic E-state index is 11.1. The normalized spacial score (nSPS) is 21.3. The van der Waals surface area contributed by atoms with Crippen LogP contribution in [-0.2, 0) is 6.42 Å². The second-order valence-corrected chi connectivity index (χ2v) is 5.80. The van der Waals surface area contributed by atoms with Gasteiger partial charge in [-0.1, -0.05) is 56.5 Å². The number of nitrogens with zero attached hydrogens (tertiary/aromatic N) is 1. The molecule has 0 bridgehead atoms. The van der Waals surface area contributed by atoms with E-state index in [0.29, 0.717) is 12.8 Å². The third-order valence-corrected chi connectivity index (χ3v) is 4.74. The van der Waals surface area contributed by atoms with E-state index in [1.165, 1.54) is 6.42 Å². The highest BCUT2D eigenvalue weighted by Gasteiger charge is 2.49. The second-order valence-electron chi connectivity index (χ2n) is 5.80. The molecule has 0 aliphatic heterocycles. The Bertz CT molecular complexity index is 442. The van der Waals surface area contributed by atoms with Crippen molar-refractivity contribution < 1.29 is 5.11 Å². The molecule has 102 valence electrons. The Hall–Kier alpha value is -1.33. The third-order valence-electron chi connectivity index (χ3n) is 4.74. The number of hydrogen-bond donors (Lipinski definition) is 1. The Labute approximate surface area is 116 Å². The summed E-state index contributed by atoms with van der Waals surface area (Å²) >= 11 is 0. The first-order chi connectivity index (χ1) is 9.16. The van der Waals surface area contributed by atoms with Gasteiger partial charge in [-0.3, -0.25) is 0 Å². The summed E-state index contributed by atoms with van der Waals surface area (Å²) in [6, 6.07) is 12.5. The highest BCUT2D eigenvalue weighted by molar-refractivity contribution is 5.22. The van der Waals surface area contributed by atoms with Crippen LogP contribution in [-0.4, -0.2) is 10.7 Å². The van der Waals surface area contributed by atoms with E-state index in [2.05, 4.69) is 6.07 Å². The minimum atomic E-state index is -0.899. The largest absolute Gasteiger partial charge is 0.388 e. The molecule has 0 amide bonds. The summed E-state index contributed by atoms with van der Waals surface area (Å²) < 4.78 is 0. The molecular formula is C17H23NO. The van der Waals surface area contributed by atoms with Crippen molar-refractivity contribution in [2.75, 3.05) is 0 Å². The summed E-state index contributed by atoms with van der Waals surface area (Å²) in [6.45, 7) is 2.00. The number of benzene rings is 1. The molecule has 1 fully saturated rings. The fourth-order valence-electron chi connectivity index (χ4n) is 3.40. The SMILES string of the molecule is CCC(O)(Cc1ccccc1)C1(C#N)CCCCC1. The van der Waals surface area contributed by atoms with Gasteiger partial charge in [0.15, 0.2) is 0 Å². The van der Waals surface area contributed by atoms with Crippen molar-refractivity contribution in [3.05, 3.63) is 35.9 Å². The van der Waals surface area contributed by atoms with E-state index in [1.54, 1.807) is 0 Å². The molecule has 0 heterocycles. The van der Waals surface area contributed by atoms with Crippen molar-refractivity contribution >= 4 is 0 Å². The fourth-order valence-corrected chi connectivity index (χ4v) is 3.40. The minimum Gasteiger partial charge on any atom is -0.388 e. The summed E-state index contributed by atoms with van der Waals surface area (Å²) in [7, 11) is 0. The molecule has 0 radical (unpaired) electrons. The molecule has 2 heteroatoms. The van der Waals surface area contributed by atoms with E-state index in [4.69, 9.17) is 0 Å². The lowest BCUT2D eigenvalue weighted by molar-refractivity contribution is -0.0750. The highest BCUT2D eigenvalue weighted by Crippen LogP contribution is 2.47. The van der Waals surface area contributed by atoms with Crippen molar-refractivity contribution in [2.24, 2.45) is 5.41 Å². The maximum atomic E-state index is 11.1. The third kappa shape index (κ3) is 2.67. The van der Waals surface area contributed by atoms with Crippen molar-refractivity contribution in [1.29, 1.82) is 5.26 Å². The van der Waals surface area contributed by atoms with Crippen LogP contribution in [0.25, 0.3) is 0 Å². The van der Waals surface area contributed by atoms with Crippen LogP contribution in [0, 0.1) is 16.7 Å². The summed E-state index contributed by atoms with van der Waals surface area (Å²) in [6.07, 6.45) is 6.19. The number of hydrogen-bond acceptors (Lipinski definition) is 2. The Kier molecular flexibility index (Phi) is 4.27. The molecule has 1 aromatic carbocycles. The van der Waals surface area contributed by atoms with Gasteiger partial charge in [-0.05, 0) is 24.8 Å². The van der Waals surface area contributed by atoms with Crippen LogP contribution in [0.1, 0.15) is 51.0 Å². The van der Waals surface area contributed by atoms with Crippen LogP contribution in [0.4, 0.5) is 0 Å². The molecule has 1 aliphatic carbocycles. The molecule has 19 heavy (non-hydrogen) atoms. The molecule has 2 nitrogen and oxygen atoms in total. The van der Waals surface area contributed by atoms with Gasteiger partial charge in [0.1, 0.15) is 0 Å². The lowest BCUT2D eigenvalue weighted by Crippen LogP contribution is -2.50. The van der Waals surface area contributed by atoms with Crippen molar-refractivity contribution in [3.8, 4) is 6.07 Å². The highest BCUT2D eigenvalue weighted by atomic mass is 16.3. The average molecular weight is 257 g/mol. The predicted octanol–water partition coefficient (Wildman–Crippen LogP) is 3.84. The summed E-state index contributed by atoms with van der Waals surface area (Å²) in [4.78, 5) is 0. The zero-order valence-corrected chi connectivity index (χ0v) is 11.7. The van der Waals surface area contributed by atoms with Crippen LogP contribution in [0.15, 0.2) is 30.3 Å². The molecule has 0 spiro atoms. The van der Waals surface area contributed by atoms with Gasteiger partial charge in [0.25, 0.3) is 0 Å². The van der Waals surface area contributed by atoms with Crippen LogP contribution >= 0.6 is 0 Å². The Balaban J connectivity index is 2.28. The molecule has 0 saturated heterocycles. The maximum Gasteiger partial charge on any atom is 0.0870 e. The number of aliphatic hydroxyl groups is 1. The van der Waals surface area contributed by atoms with Gasteiger partial charge in [-0.25, -0.2) is 0 Å². The number of nitriles is 1. The Morgan fingerprint density at radius 3 is 2.37 bits per heavy atom. The predicted molar refractivity (Wildman–Crippen MR) is 76.5 cm³/mol. The lowest BCUT2D eigenvalue weighted by atomic mass is 9.61. The van der Waals surface area contributed by atoms with Crippen molar-refractivity contribution in [1.82, 2.24) is 0 Å². The van der Waals surface area contributed by atoms with Crippen LogP contribution in [0.2, 0.25) is 0 Å². The molecule has 1 aromatic rings. The van der Waals surface area contributed by atoms with Crippen LogP contribution in [0.5, 0.6) is 0 Å². The molecule has 2 rings (SSSR count). The Morgan fingerprint density at radius 1 is 1.21 bits per heavy atom. The molecule has 1 N–H and O–H groups in total. The van der Waals surface area contributed by atoms with Gasteiger partial charge >= 0.3 is 0 Å². The monoisotopic (exact) mass is 257 g/mol. The van der Waals surface area contributed by atoms with E-state index in [1.807, 2.05) is 37.3 Å². The van der Waals surface area contributed by atoms with E-state index in [9.17, 15) is 10.4 Å². The molecule has 1 aliphatic rings. The molecule has 0 aromatic heterocycles. The summed E-state index contributed by atoms with van der Waals surface area (Å²) in [5.74, 6) is 0. The van der Waals surface area contributed by atoms with Gasteiger partial charge in [0.05, 0.1) is 17.1 Å². The smallest absolute Gasteiger partial charge is 0.0870 e. The molecule has 1 atom stereocenters. The van der Waals surface area contributed by atoms with Crippen molar-refractivity contribution in [3.63, 3.8) is 0 Å². The zero-order chi connectivity index (χ0) is 13.8. The molecule has 1 saturated carbocycles. The van der Waals surface area contributed by atoms with Gasteiger partial charge in [0.2, 0.25) is 0 Å². The van der Waals surface area contributed by atoms with Gasteiger partial charge < -0.3 is 5.11 Å². The summed E-state index contributed by atoms with van der Waals surface area (Å²) in [5, 5.41) is 20.8. The topological polar surface area (TPSA) is 44.0 Å². The van der Waals surface area contributed by atoms with Gasteiger partial charge in [-0.15, -0.1) is 0 Å². The van der Waals surface area contributed by atoms with E-state index < -0.39 is 11.0 Å². The first kappa shape index (κ1) is 14.1. The lowest BCUT2D eigenvalue weighted by Gasteiger charge is -2.45. The van der Waals surface area contributed by atoms with Gasteiger partial charge in [-0.2, -0.15) is 5.26 Å². The minimum absolute atomic E-state index is 0.560. The first-order valence-corrected chi connectivity index (χ1v) is 7.33. The standard InChI is InChI=1S/C17H23NO/c1-2-17(19,13-15-9-5-3-6-10-15)16(14-18)11-7-4-8-12-16/h3,5-6,9-10,19H,2,4,7-8,11-13H2,1H3. The zero-order valence-electron chi connectivity index (χ0n) is 11.7. The van der Waals surface area contributed by atoms with Crippen LogP contribution < -0.4 is 0 Å². The fraction of sp³-hybridized carbons (Fsp3) is 0.588. The van der Waals surface area contributed by atoms with Gasteiger partial charge in [0, 0.05) is 6.42 Å². The quantitative estimate of drug-likeness (QED) is 0.890. The molecular weight excluding hydrogens is 234 g/mol. The second kappa shape index (κ2) is 5.75. The van der Waals surface area contributed by atoms with Crippen molar-refractivity contribution in [2.45, 2.75) is 57.5 Å².